The van der Waals surface area contributed by atoms with E-state index in [1.54, 1.807) is 23.9 Å². The molecule has 0 aromatic heterocycles. The fourth-order valence-electron chi connectivity index (χ4n) is 3.48. The highest BCUT2D eigenvalue weighted by atomic mass is 32.2. The minimum atomic E-state index is -3.76. The number of hydrogen-bond donors (Lipinski definition) is 1. The van der Waals surface area contributed by atoms with Gasteiger partial charge in [0, 0.05) is 18.0 Å². The number of nitrogens with zero attached hydrogens (tertiary/aromatic N) is 1. The number of methoxy groups -OCH3 is 1. The Balaban J connectivity index is 1.80. The van der Waals surface area contributed by atoms with Crippen LogP contribution in [0.5, 0.6) is 5.75 Å². The van der Waals surface area contributed by atoms with Crippen molar-refractivity contribution in [1.29, 1.82) is 0 Å². The summed E-state index contributed by atoms with van der Waals surface area (Å²) >= 11 is 1.56. The maximum absolute atomic E-state index is 13.3. The Kier molecular flexibility index (Phi) is 6.87. The second kappa shape index (κ2) is 9.19. The largest absolute Gasteiger partial charge is 0.495 e. The van der Waals surface area contributed by atoms with Gasteiger partial charge >= 0.3 is 0 Å². The molecular weight excluding hydrogens is 408 g/mol. The number of aryl methyl sites for hydroxylation is 1. The average molecular weight is 435 g/mol. The molecule has 0 saturated carbocycles. The molecule has 0 spiro atoms. The Bertz CT molecular complexity index is 992. The highest BCUT2D eigenvalue weighted by molar-refractivity contribution is 7.98. The first-order valence-electron chi connectivity index (χ1n) is 9.45. The minimum Gasteiger partial charge on any atom is -0.495 e. The number of amides is 1. The molecule has 1 aliphatic heterocycles. The number of anilines is 1. The van der Waals surface area contributed by atoms with Crippen LogP contribution in [-0.2, 0) is 14.8 Å². The molecule has 29 heavy (non-hydrogen) atoms. The average Bonchev–Trinajstić information content (AvgIpc) is 2.74. The van der Waals surface area contributed by atoms with E-state index in [-0.39, 0.29) is 17.3 Å². The third-order valence-corrected chi connectivity index (χ3v) is 7.74. The lowest BCUT2D eigenvalue weighted by Crippen LogP contribution is -2.43. The van der Waals surface area contributed by atoms with Gasteiger partial charge in [-0.25, -0.2) is 8.42 Å². The number of sulfonamides is 1. The third-order valence-electron chi connectivity index (χ3n) is 5.06. The van der Waals surface area contributed by atoms with Gasteiger partial charge in [0.15, 0.2) is 0 Å². The highest BCUT2D eigenvalue weighted by Crippen LogP contribution is 2.31. The zero-order valence-electron chi connectivity index (χ0n) is 16.8. The molecule has 1 saturated heterocycles. The van der Waals surface area contributed by atoms with E-state index in [0.717, 1.165) is 16.1 Å². The predicted molar refractivity (Wildman–Crippen MR) is 116 cm³/mol. The summed E-state index contributed by atoms with van der Waals surface area (Å²) < 4.78 is 33.2. The van der Waals surface area contributed by atoms with Crippen molar-refractivity contribution in [3.63, 3.8) is 0 Å². The lowest BCUT2D eigenvalue weighted by molar-refractivity contribution is -0.120. The molecule has 1 N–H and O–H groups in total. The Morgan fingerprint density at radius 2 is 2.00 bits per heavy atom. The monoisotopic (exact) mass is 434 g/mol. The van der Waals surface area contributed by atoms with E-state index in [1.807, 2.05) is 43.5 Å². The van der Waals surface area contributed by atoms with Crippen molar-refractivity contribution in [3.05, 3.63) is 48.0 Å². The zero-order valence-corrected chi connectivity index (χ0v) is 18.5. The summed E-state index contributed by atoms with van der Waals surface area (Å²) in [6, 6.07) is 12.7. The van der Waals surface area contributed by atoms with Crippen LogP contribution in [0.1, 0.15) is 18.4 Å². The van der Waals surface area contributed by atoms with E-state index in [0.29, 0.717) is 25.1 Å². The number of ether oxygens (including phenoxy) is 1. The number of rotatable bonds is 6. The fraction of sp³-hybridized carbons (Fsp3) is 0.381. The van der Waals surface area contributed by atoms with Crippen LogP contribution in [0.25, 0.3) is 0 Å². The molecule has 8 heteroatoms. The van der Waals surface area contributed by atoms with Gasteiger partial charge in [-0.1, -0.05) is 18.2 Å². The molecule has 1 heterocycles. The molecule has 2 aromatic carbocycles. The first-order valence-corrected chi connectivity index (χ1v) is 12.1. The van der Waals surface area contributed by atoms with Gasteiger partial charge in [0.05, 0.1) is 18.7 Å². The SMILES string of the molecule is COc1ccc(C)cc1S(=O)(=O)N1CCC[C@H](C(=O)Nc2ccccc2SC)C1. The molecule has 1 fully saturated rings. The summed E-state index contributed by atoms with van der Waals surface area (Å²) in [5.74, 6) is -0.233. The van der Waals surface area contributed by atoms with Crippen molar-refractivity contribution in [2.75, 3.05) is 31.8 Å². The van der Waals surface area contributed by atoms with Crippen molar-refractivity contribution in [2.24, 2.45) is 5.92 Å². The number of thioether (sulfide) groups is 1. The van der Waals surface area contributed by atoms with Crippen LogP contribution in [0.2, 0.25) is 0 Å². The number of carbonyl (C=O) groups is 1. The van der Waals surface area contributed by atoms with E-state index in [4.69, 9.17) is 4.74 Å². The van der Waals surface area contributed by atoms with Gasteiger partial charge in [0.2, 0.25) is 15.9 Å². The van der Waals surface area contributed by atoms with Crippen LogP contribution in [0, 0.1) is 12.8 Å². The molecule has 2 aromatic rings. The topological polar surface area (TPSA) is 75.7 Å². The van der Waals surface area contributed by atoms with Gasteiger partial charge in [0.1, 0.15) is 10.6 Å². The van der Waals surface area contributed by atoms with E-state index in [9.17, 15) is 13.2 Å². The summed E-state index contributed by atoms with van der Waals surface area (Å²) in [6.07, 6.45) is 3.25. The number of para-hydroxylation sites is 1. The number of carbonyl (C=O) groups excluding carboxylic acids is 1. The molecule has 6 nitrogen and oxygen atoms in total. The van der Waals surface area contributed by atoms with E-state index in [2.05, 4.69) is 5.32 Å². The summed E-state index contributed by atoms with van der Waals surface area (Å²) in [5.41, 5.74) is 1.59. The summed E-state index contributed by atoms with van der Waals surface area (Å²) in [7, 11) is -2.30. The van der Waals surface area contributed by atoms with Crippen LogP contribution in [0.4, 0.5) is 5.69 Å². The molecule has 156 valence electrons. The van der Waals surface area contributed by atoms with Gasteiger partial charge in [-0.15, -0.1) is 11.8 Å². The standard InChI is InChI=1S/C21H26N2O4S2/c1-15-10-11-18(27-2)20(13-15)29(25,26)23-12-6-7-16(14-23)21(24)22-17-8-4-5-9-19(17)28-3/h4-5,8-11,13,16H,6-7,12,14H2,1-3H3,(H,22,24)/t16-/m0/s1. The van der Waals surface area contributed by atoms with Crippen molar-refractivity contribution in [1.82, 2.24) is 4.31 Å². The first-order chi connectivity index (χ1) is 13.9. The molecule has 1 amide bonds. The Morgan fingerprint density at radius 3 is 2.72 bits per heavy atom. The number of benzene rings is 2. The van der Waals surface area contributed by atoms with Gasteiger partial charge in [0.25, 0.3) is 0 Å². The van der Waals surface area contributed by atoms with Crippen LogP contribution in [0.15, 0.2) is 52.3 Å². The van der Waals surface area contributed by atoms with Crippen molar-refractivity contribution in [3.8, 4) is 5.75 Å². The van der Waals surface area contributed by atoms with E-state index >= 15 is 0 Å². The minimum absolute atomic E-state index is 0.147. The third kappa shape index (κ3) is 4.76. The van der Waals surface area contributed by atoms with Crippen molar-refractivity contribution < 1.29 is 17.9 Å². The molecule has 1 aliphatic rings. The van der Waals surface area contributed by atoms with Gasteiger partial charge in [-0.2, -0.15) is 4.31 Å². The fourth-order valence-corrected chi connectivity index (χ4v) is 5.80. The Morgan fingerprint density at radius 1 is 1.24 bits per heavy atom. The van der Waals surface area contributed by atoms with E-state index < -0.39 is 15.9 Å². The quantitative estimate of drug-likeness (QED) is 0.701. The lowest BCUT2D eigenvalue weighted by atomic mass is 9.99. The smallest absolute Gasteiger partial charge is 0.246 e. The maximum atomic E-state index is 13.3. The molecular formula is C21H26N2O4S2. The Labute approximate surface area is 176 Å². The van der Waals surface area contributed by atoms with Crippen molar-refractivity contribution >= 4 is 33.4 Å². The number of hydrogen-bond acceptors (Lipinski definition) is 5. The van der Waals surface area contributed by atoms with Crippen LogP contribution >= 0.6 is 11.8 Å². The van der Waals surface area contributed by atoms with Crippen LogP contribution in [-0.4, -0.2) is 45.1 Å². The van der Waals surface area contributed by atoms with E-state index in [1.165, 1.54) is 11.4 Å². The highest BCUT2D eigenvalue weighted by Gasteiger charge is 2.35. The van der Waals surface area contributed by atoms with Gasteiger partial charge in [-0.3, -0.25) is 4.79 Å². The molecule has 3 rings (SSSR count). The Hall–Kier alpha value is -2.03. The maximum Gasteiger partial charge on any atom is 0.246 e. The van der Waals surface area contributed by atoms with Crippen molar-refractivity contribution in [2.45, 2.75) is 29.6 Å². The zero-order chi connectivity index (χ0) is 21.0. The molecule has 0 radical (unpaired) electrons. The molecule has 0 aliphatic carbocycles. The predicted octanol–water partition coefficient (Wildman–Crippen LogP) is 3.76. The molecule has 0 bridgehead atoms. The first kappa shape index (κ1) is 21.7. The van der Waals surface area contributed by atoms with Gasteiger partial charge < -0.3 is 10.1 Å². The number of nitrogens with one attached hydrogen (secondary N) is 1. The lowest BCUT2D eigenvalue weighted by Gasteiger charge is -2.31. The summed E-state index contributed by atoms with van der Waals surface area (Å²) in [6.45, 7) is 2.39. The molecule has 1 atom stereocenters. The summed E-state index contributed by atoms with van der Waals surface area (Å²) in [5, 5.41) is 2.97. The summed E-state index contributed by atoms with van der Waals surface area (Å²) in [4.78, 5) is 14.0. The molecule has 0 unspecified atom stereocenters. The van der Waals surface area contributed by atoms with Gasteiger partial charge in [-0.05, 0) is 55.9 Å². The second-order valence-electron chi connectivity index (χ2n) is 7.05. The second-order valence-corrected chi connectivity index (χ2v) is 9.80. The van der Waals surface area contributed by atoms with Crippen LogP contribution in [0.3, 0.4) is 0 Å². The van der Waals surface area contributed by atoms with Crippen LogP contribution < -0.4 is 10.1 Å². The number of piperidine rings is 1. The normalized spacial score (nSPS) is 17.7.